The zero-order valence-electron chi connectivity index (χ0n) is 18.0. The zero-order valence-corrected chi connectivity index (χ0v) is 19.6. The van der Waals surface area contributed by atoms with Crippen LogP contribution in [-0.2, 0) is 0 Å². The molecule has 1 aromatic heterocycles. The molecular formula is C25H27BrN6. The highest BCUT2D eigenvalue weighted by atomic mass is 79.9. The fourth-order valence-corrected chi connectivity index (χ4v) is 3.90. The molecule has 7 heteroatoms. The van der Waals surface area contributed by atoms with Gasteiger partial charge in [0, 0.05) is 31.4 Å². The Labute approximate surface area is 197 Å². The number of nitrogens with zero attached hydrogens (tertiary/aromatic N) is 3. The van der Waals surface area contributed by atoms with Crippen molar-refractivity contribution < 1.29 is 0 Å². The number of allylic oxidation sites excluding steroid dienone is 1. The quantitative estimate of drug-likeness (QED) is 0.290. The van der Waals surface area contributed by atoms with Crippen molar-refractivity contribution >= 4 is 33.5 Å². The standard InChI is InChI=1S/C25H27BrN6/c1-28-22(19-12-13-19)14-23(27)31-24-21(26)16-30-25(32-24)29-15-20(17-8-4-2-5-9-17)18-10-6-3-7-11-18/h2-11,14,16,19-20,28H,12-13,15H2,1H3,(H3,27,29,30,31,32)/b22-14-. The predicted octanol–water partition coefficient (Wildman–Crippen LogP) is 4.99. The molecule has 1 aliphatic rings. The van der Waals surface area contributed by atoms with Crippen LogP contribution in [0.25, 0.3) is 0 Å². The van der Waals surface area contributed by atoms with Crippen LogP contribution in [0.15, 0.2) is 88.1 Å². The van der Waals surface area contributed by atoms with Gasteiger partial charge in [0.1, 0.15) is 5.84 Å². The van der Waals surface area contributed by atoms with Gasteiger partial charge in [-0.25, -0.2) is 9.98 Å². The number of nitrogens with two attached hydrogens (primary N) is 1. The van der Waals surface area contributed by atoms with Gasteiger partial charge in [-0.3, -0.25) is 0 Å². The number of rotatable bonds is 9. The number of hydrogen-bond acceptors (Lipinski definition) is 5. The van der Waals surface area contributed by atoms with E-state index in [1.165, 1.54) is 24.0 Å². The molecule has 4 N–H and O–H groups in total. The first kappa shape index (κ1) is 22.0. The first-order valence-corrected chi connectivity index (χ1v) is 11.5. The Kier molecular flexibility index (Phi) is 7.17. The van der Waals surface area contributed by atoms with E-state index < -0.39 is 0 Å². The summed E-state index contributed by atoms with van der Waals surface area (Å²) in [6.07, 6.45) is 5.97. The second kappa shape index (κ2) is 10.4. The topological polar surface area (TPSA) is 88.2 Å². The number of amidine groups is 1. The molecule has 1 heterocycles. The number of anilines is 1. The third kappa shape index (κ3) is 5.73. The summed E-state index contributed by atoms with van der Waals surface area (Å²) >= 11 is 3.49. The van der Waals surface area contributed by atoms with Crippen LogP contribution in [0.2, 0.25) is 0 Å². The van der Waals surface area contributed by atoms with Crippen molar-refractivity contribution in [1.29, 1.82) is 0 Å². The van der Waals surface area contributed by atoms with Crippen LogP contribution in [-0.4, -0.2) is 29.4 Å². The predicted molar refractivity (Wildman–Crippen MR) is 134 cm³/mol. The maximum atomic E-state index is 6.17. The van der Waals surface area contributed by atoms with E-state index in [-0.39, 0.29) is 5.92 Å². The first-order chi connectivity index (χ1) is 15.6. The van der Waals surface area contributed by atoms with Crippen LogP contribution in [0, 0.1) is 5.92 Å². The molecule has 0 atom stereocenters. The molecule has 1 saturated carbocycles. The minimum absolute atomic E-state index is 0.168. The molecule has 1 fully saturated rings. The van der Waals surface area contributed by atoms with Crippen molar-refractivity contribution in [3.8, 4) is 0 Å². The van der Waals surface area contributed by atoms with Crippen molar-refractivity contribution in [2.24, 2.45) is 16.6 Å². The third-order valence-corrected chi connectivity index (χ3v) is 6.00. The Morgan fingerprint density at radius 1 is 1.12 bits per heavy atom. The van der Waals surface area contributed by atoms with Crippen molar-refractivity contribution in [1.82, 2.24) is 15.3 Å². The molecule has 3 aromatic rings. The molecule has 6 nitrogen and oxygen atoms in total. The maximum Gasteiger partial charge on any atom is 0.224 e. The number of aromatic nitrogens is 2. The molecule has 0 unspecified atom stereocenters. The van der Waals surface area contributed by atoms with Crippen LogP contribution in [0.1, 0.15) is 29.9 Å². The number of nitrogens with one attached hydrogen (secondary N) is 2. The summed E-state index contributed by atoms with van der Waals surface area (Å²) in [5.74, 6) is 2.15. The van der Waals surface area contributed by atoms with Crippen LogP contribution >= 0.6 is 15.9 Å². The Morgan fingerprint density at radius 2 is 1.75 bits per heavy atom. The first-order valence-electron chi connectivity index (χ1n) is 10.7. The van der Waals surface area contributed by atoms with Crippen LogP contribution < -0.4 is 16.4 Å². The van der Waals surface area contributed by atoms with E-state index in [0.717, 1.165) is 5.70 Å². The molecule has 0 saturated heterocycles. The van der Waals surface area contributed by atoms with E-state index in [9.17, 15) is 0 Å². The van der Waals surface area contributed by atoms with Gasteiger partial charge >= 0.3 is 0 Å². The molecule has 164 valence electrons. The molecule has 0 spiro atoms. The van der Waals surface area contributed by atoms with Gasteiger partial charge in [0.2, 0.25) is 5.95 Å². The van der Waals surface area contributed by atoms with Gasteiger partial charge in [0.25, 0.3) is 0 Å². The smallest absolute Gasteiger partial charge is 0.224 e. The second-order valence-electron chi connectivity index (χ2n) is 7.78. The van der Waals surface area contributed by atoms with Gasteiger partial charge in [-0.2, -0.15) is 4.98 Å². The van der Waals surface area contributed by atoms with Crippen molar-refractivity contribution in [2.45, 2.75) is 18.8 Å². The van der Waals surface area contributed by atoms with Crippen molar-refractivity contribution in [2.75, 3.05) is 18.9 Å². The van der Waals surface area contributed by atoms with Crippen LogP contribution in [0.5, 0.6) is 0 Å². The van der Waals surface area contributed by atoms with Gasteiger partial charge in [-0.1, -0.05) is 60.7 Å². The minimum atomic E-state index is 0.168. The van der Waals surface area contributed by atoms with E-state index in [2.05, 4.69) is 90.1 Å². The molecule has 4 rings (SSSR count). The highest BCUT2D eigenvalue weighted by Gasteiger charge is 2.25. The summed E-state index contributed by atoms with van der Waals surface area (Å²) in [6.45, 7) is 0.653. The molecule has 1 aliphatic carbocycles. The Bertz CT molecular complexity index is 1050. The van der Waals surface area contributed by atoms with Crippen LogP contribution in [0.3, 0.4) is 0 Å². The lowest BCUT2D eigenvalue weighted by Crippen LogP contribution is -2.16. The van der Waals surface area contributed by atoms with Crippen molar-refractivity contribution in [3.05, 3.63) is 94.2 Å². The summed E-state index contributed by atoms with van der Waals surface area (Å²) in [7, 11) is 1.91. The Morgan fingerprint density at radius 3 is 2.31 bits per heavy atom. The zero-order chi connectivity index (χ0) is 22.3. The van der Waals surface area contributed by atoms with Gasteiger partial charge in [-0.05, 0) is 51.9 Å². The fourth-order valence-electron chi connectivity index (χ4n) is 3.62. The normalized spacial score (nSPS) is 14.5. The maximum absolute atomic E-state index is 6.17. The lowest BCUT2D eigenvalue weighted by atomic mass is 9.91. The highest BCUT2D eigenvalue weighted by Crippen LogP contribution is 2.34. The summed E-state index contributed by atoms with van der Waals surface area (Å²) in [5.41, 5.74) is 9.75. The monoisotopic (exact) mass is 490 g/mol. The highest BCUT2D eigenvalue weighted by molar-refractivity contribution is 9.10. The number of hydrogen-bond donors (Lipinski definition) is 3. The largest absolute Gasteiger partial charge is 0.391 e. The lowest BCUT2D eigenvalue weighted by molar-refractivity contribution is 0.841. The molecule has 0 bridgehead atoms. The average molecular weight is 491 g/mol. The average Bonchev–Trinajstić information content (AvgIpc) is 3.66. The van der Waals surface area contributed by atoms with E-state index in [1.807, 2.05) is 25.3 Å². The second-order valence-corrected chi connectivity index (χ2v) is 8.63. The SMILES string of the molecule is CN/C(=C\C(N)=Nc1nc(NCC(c2ccccc2)c2ccccc2)ncc1Br)C1CC1. The lowest BCUT2D eigenvalue weighted by Gasteiger charge is -2.19. The van der Waals surface area contributed by atoms with Crippen LogP contribution in [0.4, 0.5) is 11.8 Å². The number of aliphatic imine (C=N–C) groups is 1. The van der Waals surface area contributed by atoms with Gasteiger partial charge in [-0.15, -0.1) is 0 Å². The number of halogens is 1. The number of benzene rings is 2. The van der Waals surface area contributed by atoms with E-state index in [1.54, 1.807) is 6.20 Å². The van der Waals surface area contributed by atoms with Gasteiger partial charge in [0.15, 0.2) is 5.82 Å². The Balaban J connectivity index is 1.53. The molecule has 2 aromatic carbocycles. The summed E-state index contributed by atoms with van der Waals surface area (Å²) < 4.78 is 0.694. The van der Waals surface area contributed by atoms with Gasteiger partial charge in [0.05, 0.1) is 4.47 Å². The van der Waals surface area contributed by atoms with E-state index >= 15 is 0 Å². The van der Waals surface area contributed by atoms with Crippen molar-refractivity contribution in [3.63, 3.8) is 0 Å². The fraction of sp³-hybridized carbons (Fsp3) is 0.240. The minimum Gasteiger partial charge on any atom is -0.391 e. The molecule has 32 heavy (non-hydrogen) atoms. The Hall–Kier alpha value is -3.19. The summed E-state index contributed by atoms with van der Waals surface area (Å²) in [4.78, 5) is 13.5. The third-order valence-electron chi connectivity index (χ3n) is 5.44. The molecule has 0 radical (unpaired) electrons. The van der Waals surface area contributed by atoms with E-state index in [0.29, 0.717) is 34.5 Å². The molecular weight excluding hydrogens is 464 g/mol. The molecule has 0 amide bonds. The van der Waals surface area contributed by atoms with Gasteiger partial charge < -0.3 is 16.4 Å². The van der Waals surface area contributed by atoms with E-state index in [4.69, 9.17) is 5.73 Å². The summed E-state index contributed by atoms with van der Waals surface area (Å²) in [6, 6.07) is 20.9. The summed E-state index contributed by atoms with van der Waals surface area (Å²) in [5, 5.41) is 6.60. The molecule has 0 aliphatic heterocycles.